The van der Waals surface area contributed by atoms with Gasteiger partial charge < -0.3 is 0 Å². The monoisotopic (exact) mass is 388 g/mol. The first-order valence-corrected chi connectivity index (χ1v) is 10.1. The highest BCUT2D eigenvalue weighted by molar-refractivity contribution is 8.76. The molecule has 4 rings (SSSR count). The van der Waals surface area contributed by atoms with Crippen molar-refractivity contribution in [2.75, 3.05) is 0 Å². The molecule has 0 fully saturated rings. The number of fused-ring (bicyclic) bond motifs is 2. The normalized spacial score (nSPS) is 11.2. The highest BCUT2D eigenvalue weighted by Gasteiger charge is 2.10. The van der Waals surface area contributed by atoms with Crippen molar-refractivity contribution in [1.82, 2.24) is 9.97 Å². The molecule has 0 amide bonds. The van der Waals surface area contributed by atoms with E-state index in [4.69, 9.17) is 23.2 Å². The molecule has 118 valence electrons. The lowest BCUT2D eigenvalue weighted by atomic mass is 10.2. The van der Waals surface area contributed by atoms with Gasteiger partial charge in [-0.25, -0.2) is 9.97 Å². The molecule has 0 unspecified atom stereocenters. The van der Waals surface area contributed by atoms with Crippen molar-refractivity contribution < 1.29 is 0 Å². The molecule has 24 heavy (non-hydrogen) atoms. The molecule has 2 aromatic carbocycles. The fourth-order valence-corrected chi connectivity index (χ4v) is 5.21. The van der Waals surface area contributed by atoms with Gasteiger partial charge in [0.2, 0.25) is 0 Å². The van der Waals surface area contributed by atoms with E-state index in [2.05, 4.69) is 9.97 Å². The van der Waals surface area contributed by atoms with Gasteiger partial charge in [-0.15, -0.1) is 0 Å². The number of rotatable bonds is 3. The molecule has 0 aliphatic carbocycles. The van der Waals surface area contributed by atoms with Crippen LogP contribution in [0.15, 0.2) is 70.5 Å². The van der Waals surface area contributed by atoms with E-state index in [-0.39, 0.29) is 0 Å². The van der Waals surface area contributed by atoms with Crippen molar-refractivity contribution >= 4 is 66.6 Å². The van der Waals surface area contributed by atoms with Crippen LogP contribution in [0.3, 0.4) is 0 Å². The topological polar surface area (TPSA) is 25.8 Å². The van der Waals surface area contributed by atoms with Crippen LogP contribution < -0.4 is 0 Å². The van der Waals surface area contributed by atoms with Gasteiger partial charge in [-0.2, -0.15) is 0 Å². The summed E-state index contributed by atoms with van der Waals surface area (Å²) in [6.45, 7) is 0. The summed E-state index contributed by atoms with van der Waals surface area (Å²) in [5.74, 6) is 0. The largest absolute Gasteiger partial charge is 0.235 e. The molecule has 0 aliphatic rings. The predicted octanol–water partition coefficient (Wildman–Crippen LogP) is 6.89. The summed E-state index contributed by atoms with van der Waals surface area (Å²) in [5.41, 5.74) is 1.78. The molecule has 0 N–H and O–H groups in total. The number of nitrogens with zero attached hydrogens (tertiary/aromatic N) is 2. The molecular weight excluding hydrogens is 379 g/mol. The van der Waals surface area contributed by atoms with Crippen LogP contribution >= 0.6 is 44.8 Å². The van der Waals surface area contributed by atoms with Crippen molar-refractivity contribution in [3.05, 3.63) is 71.0 Å². The smallest absolute Gasteiger partial charge is 0.144 e. The number of aromatic nitrogens is 2. The van der Waals surface area contributed by atoms with E-state index in [1.807, 2.05) is 60.7 Å². The maximum Gasteiger partial charge on any atom is 0.144 e. The number of halogens is 2. The summed E-state index contributed by atoms with van der Waals surface area (Å²) in [6.07, 6.45) is 0. The Labute approximate surface area is 157 Å². The zero-order valence-electron chi connectivity index (χ0n) is 12.2. The highest BCUT2D eigenvalue weighted by atomic mass is 35.5. The summed E-state index contributed by atoms with van der Waals surface area (Å²) < 4.78 is 0. The van der Waals surface area contributed by atoms with Crippen LogP contribution in [-0.4, -0.2) is 9.97 Å². The van der Waals surface area contributed by atoms with Crippen LogP contribution in [-0.2, 0) is 0 Å². The number of benzene rings is 2. The summed E-state index contributed by atoms with van der Waals surface area (Å²) in [5, 5.41) is 3.12. The Hall–Kier alpha value is -1.46. The zero-order chi connectivity index (χ0) is 16.5. The lowest BCUT2D eigenvalue weighted by Crippen LogP contribution is -1.84. The van der Waals surface area contributed by atoms with E-state index in [1.165, 1.54) is 21.6 Å². The third-order valence-corrected chi connectivity index (χ3v) is 6.70. The summed E-state index contributed by atoms with van der Waals surface area (Å²) in [6, 6.07) is 19.9. The van der Waals surface area contributed by atoms with Gasteiger partial charge in [0.15, 0.2) is 0 Å². The van der Waals surface area contributed by atoms with Crippen LogP contribution in [0, 0.1) is 0 Å². The summed E-state index contributed by atoms with van der Waals surface area (Å²) >= 11 is 12.6. The van der Waals surface area contributed by atoms with E-state index < -0.39 is 0 Å². The second-order valence-electron chi connectivity index (χ2n) is 5.11. The van der Waals surface area contributed by atoms with Gasteiger partial charge >= 0.3 is 0 Å². The third-order valence-electron chi connectivity index (χ3n) is 3.51. The lowest BCUT2D eigenvalue weighted by Gasteiger charge is -2.07. The number of para-hydroxylation sites is 2. The van der Waals surface area contributed by atoms with E-state index in [0.29, 0.717) is 10.3 Å². The SMILES string of the molecule is Clc1nc2ccccc2cc1SSc1cc2ccccc2nc1Cl. The molecular formula is C18H10Cl2N2S2. The number of hydrogen-bond acceptors (Lipinski definition) is 4. The minimum absolute atomic E-state index is 0.496. The van der Waals surface area contributed by atoms with Crippen molar-refractivity contribution in [3.8, 4) is 0 Å². The molecule has 6 heteroatoms. The first kappa shape index (κ1) is 16.0. The standard InChI is InChI=1S/C18H10Cl2N2S2/c19-17-15(9-11-5-1-3-7-13(11)21-17)23-24-16-10-12-6-2-4-8-14(12)22-18(16)20/h1-10H. The van der Waals surface area contributed by atoms with Crippen LogP contribution in [0.2, 0.25) is 10.3 Å². The lowest BCUT2D eigenvalue weighted by molar-refractivity contribution is 1.30. The first-order chi connectivity index (χ1) is 11.7. The van der Waals surface area contributed by atoms with E-state index in [0.717, 1.165) is 31.6 Å². The van der Waals surface area contributed by atoms with E-state index >= 15 is 0 Å². The fraction of sp³-hybridized carbons (Fsp3) is 0. The van der Waals surface area contributed by atoms with Crippen LogP contribution in [0.4, 0.5) is 0 Å². The van der Waals surface area contributed by atoms with Crippen molar-refractivity contribution in [2.24, 2.45) is 0 Å². The average Bonchev–Trinajstić information content (AvgIpc) is 2.60. The molecule has 2 nitrogen and oxygen atoms in total. The molecule has 2 aromatic heterocycles. The molecule has 0 radical (unpaired) electrons. The Kier molecular flexibility index (Phi) is 4.55. The van der Waals surface area contributed by atoms with Crippen molar-refractivity contribution in [1.29, 1.82) is 0 Å². The van der Waals surface area contributed by atoms with Crippen molar-refractivity contribution in [2.45, 2.75) is 9.79 Å². The van der Waals surface area contributed by atoms with Gasteiger partial charge in [-0.05, 0) is 45.9 Å². The maximum absolute atomic E-state index is 6.31. The van der Waals surface area contributed by atoms with Gasteiger partial charge in [-0.1, -0.05) is 59.6 Å². The zero-order valence-corrected chi connectivity index (χ0v) is 15.4. The van der Waals surface area contributed by atoms with E-state index in [9.17, 15) is 0 Å². The second-order valence-corrected chi connectivity index (χ2v) is 8.04. The van der Waals surface area contributed by atoms with E-state index in [1.54, 1.807) is 0 Å². The quantitative estimate of drug-likeness (QED) is 0.281. The predicted molar refractivity (Wildman–Crippen MR) is 105 cm³/mol. The molecule has 0 saturated heterocycles. The Morgan fingerprint density at radius 1 is 0.625 bits per heavy atom. The Bertz CT molecular complexity index is 968. The van der Waals surface area contributed by atoms with Gasteiger partial charge in [-0.3, -0.25) is 0 Å². The minimum atomic E-state index is 0.496. The van der Waals surface area contributed by atoms with Gasteiger partial charge in [0.05, 0.1) is 20.8 Å². The third kappa shape index (κ3) is 3.20. The van der Waals surface area contributed by atoms with Crippen molar-refractivity contribution in [3.63, 3.8) is 0 Å². The summed E-state index contributed by atoms with van der Waals surface area (Å²) in [4.78, 5) is 10.7. The Morgan fingerprint density at radius 2 is 1.04 bits per heavy atom. The number of hydrogen-bond donors (Lipinski definition) is 0. The fourth-order valence-electron chi connectivity index (χ4n) is 2.35. The van der Waals surface area contributed by atoms with Crippen LogP contribution in [0.1, 0.15) is 0 Å². The second kappa shape index (κ2) is 6.81. The summed E-state index contributed by atoms with van der Waals surface area (Å²) in [7, 11) is 3.07. The molecule has 0 aliphatic heterocycles. The number of pyridine rings is 2. The molecule has 2 heterocycles. The molecule has 0 saturated carbocycles. The minimum Gasteiger partial charge on any atom is -0.235 e. The molecule has 4 aromatic rings. The first-order valence-electron chi connectivity index (χ1n) is 7.16. The molecule has 0 atom stereocenters. The molecule has 0 bridgehead atoms. The average molecular weight is 389 g/mol. The Morgan fingerprint density at radius 3 is 1.50 bits per heavy atom. The van der Waals surface area contributed by atoms with Gasteiger partial charge in [0.1, 0.15) is 10.3 Å². The van der Waals surface area contributed by atoms with Gasteiger partial charge in [0, 0.05) is 10.8 Å². The van der Waals surface area contributed by atoms with Crippen LogP contribution in [0.25, 0.3) is 21.8 Å². The van der Waals surface area contributed by atoms with Gasteiger partial charge in [0.25, 0.3) is 0 Å². The van der Waals surface area contributed by atoms with Crippen LogP contribution in [0.5, 0.6) is 0 Å². The Balaban J connectivity index is 1.65. The molecule has 0 spiro atoms. The highest BCUT2D eigenvalue weighted by Crippen LogP contribution is 2.43. The maximum atomic E-state index is 6.31.